The Morgan fingerprint density at radius 3 is 2.60 bits per heavy atom. The Bertz CT molecular complexity index is 463. The van der Waals surface area contributed by atoms with Crippen molar-refractivity contribution in [1.29, 1.82) is 0 Å². The van der Waals surface area contributed by atoms with Crippen molar-refractivity contribution < 1.29 is 18.3 Å². The number of rotatable bonds is 4. The van der Waals surface area contributed by atoms with Crippen LogP contribution in [0.25, 0.3) is 0 Å². The number of carboxylic acids is 1. The first-order valence-electron chi connectivity index (χ1n) is 4.20. The van der Waals surface area contributed by atoms with Crippen molar-refractivity contribution in [2.45, 2.75) is 17.9 Å². The number of carboxylic acid groups (broad SMARTS) is 1. The predicted octanol–water partition coefficient (Wildman–Crippen LogP) is -0.224. The van der Waals surface area contributed by atoms with Gasteiger partial charge in [-0.3, -0.25) is 4.79 Å². The molecule has 1 aromatic rings. The minimum Gasteiger partial charge on any atom is -0.480 e. The lowest BCUT2D eigenvalue weighted by atomic mass is 10.4. The Hall–Kier alpha value is -1.34. The third-order valence-electron chi connectivity index (χ3n) is 1.82. The van der Waals surface area contributed by atoms with Crippen LogP contribution >= 0.6 is 0 Å². The first-order valence-corrected chi connectivity index (χ1v) is 5.68. The number of aryl methyl sites for hydroxylation is 1. The normalized spacial score (nSPS) is 13.7. The van der Waals surface area contributed by atoms with E-state index in [1.807, 2.05) is 4.72 Å². The quantitative estimate of drug-likeness (QED) is 0.751. The lowest BCUT2D eigenvalue weighted by Gasteiger charge is -2.08. The van der Waals surface area contributed by atoms with Crippen LogP contribution in [0.1, 0.15) is 6.92 Å². The molecule has 0 aliphatic rings. The number of carbonyl (C=O) groups is 1. The summed E-state index contributed by atoms with van der Waals surface area (Å²) < 4.78 is 26.8. The van der Waals surface area contributed by atoms with E-state index in [1.165, 1.54) is 19.2 Å². The molecule has 0 amide bonds. The second kappa shape index (κ2) is 4.03. The molecule has 0 fully saturated rings. The molecule has 0 aliphatic carbocycles. The summed E-state index contributed by atoms with van der Waals surface area (Å²) in [6.07, 6.45) is 2.97. The molecule has 1 aromatic heterocycles. The molecule has 0 radical (unpaired) electrons. The highest BCUT2D eigenvalue weighted by Crippen LogP contribution is 2.08. The van der Waals surface area contributed by atoms with Gasteiger partial charge in [-0.25, -0.2) is 8.42 Å². The van der Waals surface area contributed by atoms with E-state index >= 15 is 0 Å². The Balaban J connectivity index is 2.90. The largest absolute Gasteiger partial charge is 0.480 e. The molecule has 0 unspecified atom stereocenters. The number of nitrogens with zero attached hydrogens (tertiary/aromatic N) is 1. The van der Waals surface area contributed by atoms with E-state index < -0.39 is 22.0 Å². The van der Waals surface area contributed by atoms with E-state index in [-0.39, 0.29) is 4.90 Å². The zero-order chi connectivity index (χ0) is 11.6. The minimum absolute atomic E-state index is 0.0538. The van der Waals surface area contributed by atoms with Gasteiger partial charge in [-0.2, -0.15) is 4.72 Å². The van der Waals surface area contributed by atoms with Gasteiger partial charge in [0.2, 0.25) is 10.0 Å². The average molecular weight is 232 g/mol. The summed E-state index contributed by atoms with van der Waals surface area (Å²) in [6, 6.07) is 0.256. The maximum atomic E-state index is 11.6. The summed E-state index contributed by atoms with van der Waals surface area (Å²) in [7, 11) is -2.06. The molecule has 1 atom stereocenters. The number of sulfonamides is 1. The van der Waals surface area contributed by atoms with E-state index in [0.29, 0.717) is 0 Å². The summed E-state index contributed by atoms with van der Waals surface area (Å²) in [5, 5.41) is 8.57. The Morgan fingerprint density at radius 1 is 1.60 bits per heavy atom. The van der Waals surface area contributed by atoms with Crippen molar-refractivity contribution >= 4 is 16.0 Å². The van der Waals surface area contributed by atoms with Gasteiger partial charge >= 0.3 is 5.97 Å². The molecule has 0 aliphatic heterocycles. The summed E-state index contributed by atoms with van der Waals surface area (Å²) in [4.78, 5) is 10.5. The molecule has 15 heavy (non-hydrogen) atoms. The number of nitrogens with one attached hydrogen (secondary N) is 1. The molecule has 0 bridgehead atoms. The fraction of sp³-hybridized carbons (Fsp3) is 0.375. The lowest BCUT2D eigenvalue weighted by Crippen LogP contribution is -2.38. The first kappa shape index (κ1) is 11.7. The second-order valence-electron chi connectivity index (χ2n) is 3.19. The second-order valence-corrected chi connectivity index (χ2v) is 4.91. The number of aromatic nitrogens is 1. The Morgan fingerprint density at radius 2 is 2.20 bits per heavy atom. The van der Waals surface area contributed by atoms with Crippen LogP contribution in [0.2, 0.25) is 0 Å². The van der Waals surface area contributed by atoms with Crippen LogP contribution in [0.5, 0.6) is 0 Å². The molecule has 1 heterocycles. The summed E-state index contributed by atoms with van der Waals surface area (Å²) in [5.41, 5.74) is 0. The molecule has 1 rings (SSSR count). The number of hydrogen-bond donors (Lipinski definition) is 2. The highest BCUT2D eigenvalue weighted by Gasteiger charge is 2.21. The van der Waals surface area contributed by atoms with Gasteiger partial charge in [0.1, 0.15) is 6.04 Å². The highest BCUT2D eigenvalue weighted by atomic mass is 32.2. The van der Waals surface area contributed by atoms with Gasteiger partial charge in [-0.05, 0) is 13.0 Å². The van der Waals surface area contributed by atoms with Crippen LogP contribution in [-0.2, 0) is 21.9 Å². The summed E-state index contributed by atoms with van der Waals surface area (Å²) >= 11 is 0. The lowest BCUT2D eigenvalue weighted by molar-refractivity contribution is -0.138. The summed E-state index contributed by atoms with van der Waals surface area (Å²) in [5.74, 6) is -1.21. The van der Waals surface area contributed by atoms with Crippen LogP contribution in [0.15, 0.2) is 23.4 Å². The van der Waals surface area contributed by atoms with Crippen LogP contribution in [0.4, 0.5) is 0 Å². The van der Waals surface area contributed by atoms with E-state index in [2.05, 4.69) is 0 Å². The van der Waals surface area contributed by atoms with Crippen LogP contribution < -0.4 is 4.72 Å². The van der Waals surface area contributed by atoms with Crippen molar-refractivity contribution in [2.75, 3.05) is 0 Å². The molecule has 2 N–H and O–H groups in total. The van der Waals surface area contributed by atoms with Gasteiger partial charge in [0, 0.05) is 19.4 Å². The SMILES string of the molecule is C[C@H](NS(=O)(=O)c1ccn(C)c1)C(=O)O. The van der Waals surface area contributed by atoms with Crippen molar-refractivity contribution in [3.05, 3.63) is 18.5 Å². The zero-order valence-electron chi connectivity index (χ0n) is 8.34. The van der Waals surface area contributed by atoms with Gasteiger partial charge < -0.3 is 9.67 Å². The predicted molar refractivity (Wildman–Crippen MR) is 52.8 cm³/mol. The van der Waals surface area contributed by atoms with Crippen molar-refractivity contribution in [3.63, 3.8) is 0 Å². The van der Waals surface area contributed by atoms with E-state index in [0.717, 1.165) is 0 Å². The molecular weight excluding hydrogens is 220 g/mol. The third kappa shape index (κ3) is 2.80. The van der Waals surface area contributed by atoms with Gasteiger partial charge in [-0.1, -0.05) is 0 Å². The Kier molecular flexibility index (Phi) is 3.15. The van der Waals surface area contributed by atoms with Crippen LogP contribution in [0.3, 0.4) is 0 Å². The fourth-order valence-electron chi connectivity index (χ4n) is 0.988. The molecule has 0 aromatic carbocycles. The van der Waals surface area contributed by atoms with Crippen LogP contribution in [-0.4, -0.2) is 30.1 Å². The van der Waals surface area contributed by atoms with Gasteiger partial charge in [-0.15, -0.1) is 0 Å². The maximum Gasteiger partial charge on any atom is 0.321 e. The van der Waals surface area contributed by atoms with Crippen molar-refractivity contribution in [1.82, 2.24) is 9.29 Å². The molecular formula is C8H12N2O4S. The molecule has 84 valence electrons. The number of aliphatic carboxylic acids is 1. The standard InChI is InChI=1S/C8H12N2O4S/c1-6(8(11)12)9-15(13,14)7-3-4-10(2)5-7/h3-6,9H,1-2H3,(H,11,12)/t6-/m0/s1. The van der Waals surface area contributed by atoms with Gasteiger partial charge in [0.15, 0.2) is 0 Å². The monoisotopic (exact) mass is 232 g/mol. The maximum absolute atomic E-state index is 11.6. The number of hydrogen-bond acceptors (Lipinski definition) is 3. The third-order valence-corrected chi connectivity index (χ3v) is 3.34. The Labute approximate surface area is 87.6 Å². The van der Waals surface area contributed by atoms with E-state index in [4.69, 9.17) is 5.11 Å². The van der Waals surface area contributed by atoms with Gasteiger partial charge in [0.25, 0.3) is 0 Å². The van der Waals surface area contributed by atoms with Crippen molar-refractivity contribution in [2.24, 2.45) is 7.05 Å². The van der Waals surface area contributed by atoms with E-state index in [1.54, 1.807) is 17.8 Å². The molecule has 0 saturated carbocycles. The average Bonchev–Trinajstić information content (AvgIpc) is 2.51. The molecule has 6 nitrogen and oxygen atoms in total. The van der Waals surface area contributed by atoms with Crippen molar-refractivity contribution in [3.8, 4) is 0 Å². The fourth-order valence-corrected chi connectivity index (χ4v) is 2.24. The highest BCUT2D eigenvalue weighted by molar-refractivity contribution is 7.89. The first-order chi connectivity index (χ1) is 6.83. The smallest absolute Gasteiger partial charge is 0.321 e. The molecule has 7 heteroatoms. The minimum atomic E-state index is -3.74. The summed E-state index contributed by atoms with van der Waals surface area (Å²) in [6.45, 7) is 1.27. The molecule has 0 saturated heterocycles. The van der Waals surface area contributed by atoms with Gasteiger partial charge in [0.05, 0.1) is 4.90 Å². The zero-order valence-corrected chi connectivity index (χ0v) is 9.15. The van der Waals surface area contributed by atoms with Crippen LogP contribution in [0, 0.1) is 0 Å². The topological polar surface area (TPSA) is 88.4 Å². The molecule has 0 spiro atoms. The van der Waals surface area contributed by atoms with E-state index in [9.17, 15) is 13.2 Å².